The van der Waals surface area contributed by atoms with E-state index in [4.69, 9.17) is 11.6 Å². The van der Waals surface area contributed by atoms with Crippen LogP contribution >= 0.6 is 11.6 Å². The van der Waals surface area contributed by atoms with E-state index >= 15 is 0 Å². The van der Waals surface area contributed by atoms with Gasteiger partial charge in [-0.05, 0) is 36.2 Å². The van der Waals surface area contributed by atoms with Crippen LogP contribution in [0.15, 0.2) is 42.6 Å². The molecule has 2 rings (SSSR count). The maximum absolute atomic E-state index is 12.7. The van der Waals surface area contributed by atoms with Crippen LogP contribution in [0.5, 0.6) is 0 Å². The number of nitrogens with zero attached hydrogens (tertiary/aromatic N) is 1. The SMILES string of the molecule is O=C(NCCc1ccc(F)cc1)c1cccnc1Cl. The molecular formula is C14H12ClFN2O. The van der Waals surface area contributed by atoms with Crippen LogP contribution in [0.1, 0.15) is 15.9 Å². The minimum atomic E-state index is -0.269. The number of hydrogen-bond acceptors (Lipinski definition) is 2. The van der Waals surface area contributed by atoms with Crippen molar-refractivity contribution in [1.29, 1.82) is 0 Å². The Hall–Kier alpha value is -1.94. The third-order valence-corrected chi connectivity index (χ3v) is 2.92. The highest BCUT2D eigenvalue weighted by molar-refractivity contribution is 6.32. The Morgan fingerprint density at radius 2 is 2.00 bits per heavy atom. The summed E-state index contributed by atoms with van der Waals surface area (Å²) in [6.07, 6.45) is 2.15. The number of carbonyl (C=O) groups excluding carboxylic acids is 1. The van der Waals surface area contributed by atoms with Gasteiger partial charge < -0.3 is 5.32 Å². The lowest BCUT2D eigenvalue weighted by atomic mass is 10.1. The summed E-state index contributed by atoms with van der Waals surface area (Å²) in [7, 11) is 0. The molecule has 1 amide bonds. The van der Waals surface area contributed by atoms with Crippen molar-refractivity contribution in [2.75, 3.05) is 6.54 Å². The van der Waals surface area contributed by atoms with Gasteiger partial charge in [-0.3, -0.25) is 4.79 Å². The number of pyridine rings is 1. The van der Waals surface area contributed by atoms with E-state index in [1.807, 2.05) is 0 Å². The van der Waals surface area contributed by atoms with E-state index in [2.05, 4.69) is 10.3 Å². The molecule has 0 saturated heterocycles. The van der Waals surface area contributed by atoms with E-state index in [0.29, 0.717) is 18.5 Å². The molecule has 0 atom stereocenters. The van der Waals surface area contributed by atoms with E-state index in [-0.39, 0.29) is 16.9 Å². The average Bonchev–Trinajstić information content (AvgIpc) is 2.41. The third-order valence-electron chi connectivity index (χ3n) is 2.62. The van der Waals surface area contributed by atoms with Crippen LogP contribution < -0.4 is 5.32 Å². The van der Waals surface area contributed by atoms with Gasteiger partial charge in [0.05, 0.1) is 5.56 Å². The summed E-state index contributed by atoms with van der Waals surface area (Å²) in [6.45, 7) is 0.454. The zero-order valence-electron chi connectivity index (χ0n) is 10.1. The lowest BCUT2D eigenvalue weighted by Crippen LogP contribution is -2.26. The molecule has 98 valence electrons. The molecule has 2 aromatic rings. The summed E-state index contributed by atoms with van der Waals surface area (Å²) >= 11 is 5.82. The van der Waals surface area contributed by atoms with E-state index in [1.54, 1.807) is 24.3 Å². The second kappa shape index (κ2) is 6.29. The minimum absolute atomic E-state index is 0.182. The molecular weight excluding hydrogens is 267 g/mol. The Labute approximate surface area is 115 Å². The van der Waals surface area contributed by atoms with E-state index in [0.717, 1.165) is 5.56 Å². The number of benzene rings is 1. The third kappa shape index (κ3) is 3.76. The van der Waals surface area contributed by atoms with Gasteiger partial charge in [0.2, 0.25) is 0 Å². The zero-order chi connectivity index (χ0) is 13.7. The first-order valence-corrected chi connectivity index (χ1v) is 6.18. The second-order valence-electron chi connectivity index (χ2n) is 3.97. The van der Waals surface area contributed by atoms with E-state index < -0.39 is 0 Å². The number of nitrogens with one attached hydrogen (secondary N) is 1. The number of carbonyl (C=O) groups is 1. The largest absolute Gasteiger partial charge is 0.352 e. The maximum Gasteiger partial charge on any atom is 0.254 e. The second-order valence-corrected chi connectivity index (χ2v) is 4.33. The Kier molecular flexibility index (Phi) is 4.47. The molecule has 1 N–H and O–H groups in total. The molecule has 0 radical (unpaired) electrons. The van der Waals surface area contributed by atoms with E-state index in [9.17, 15) is 9.18 Å². The lowest BCUT2D eigenvalue weighted by Gasteiger charge is -2.06. The summed E-state index contributed by atoms with van der Waals surface area (Å²) in [5.41, 5.74) is 1.31. The summed E-state index contributed by atoms with van der Waals surface area (Å²) in [4.78, 5) is 15.7. The summed E-state index contributed by atoms with van der Waals surface area (Å²) in [6, 6.07) is 9.45. The van der Waals surface area contributed by atoms with Crippen LogP contribution in [-0.2, 0) is 6.42 Å². The predicted molar refractivity (Wildman–Crippen MR) is 71.7 cm³/mol. The van der Waals surface area contributed by atoms with Crippen LogP contribution in [0.4, 0.5) is 4.39 Å². The van der Waals surface area contributed by atoms with Gasteiger partial charge in [-0.25, -0.2) is 9.37 Å². The predicted octanol–water partition coefficient (Wildman–Crippen LogP) is 2.85. The van der Waals surface area contributed by atoms with Crippen molar-refractivity contribution in [3.63, 3.8) is 0 Å². The smallest absolute Gasteiger partial charge is 0.254 e. The monoisotopic (exact) mass is 278 g/mol. The van der Waals surface area contributed by atoms with Crippen molar-refractivity contribution in [3.05, 3.63) is 64.7 Å². The molecule has 0 aliphatic carbocycles. The molecule has 0 aliphatic rings. The molecule has 0 spiro atoms. The first kappa shape index (κ1) is 13.5. The minimum Gasteiger partial charge on any atom is -0.352 e. The molecule has 19 heavy (non-hydrogen) atoms. The first-order chi connectivity index (χ1) is 9.16. The van der Waals surface area contributed by atoms with Crippen molar-refractivity contribution >= 4 is 17.5 Å². The van der Waals surface area contributed by atoms with Crippen LogP contribution in [0.3, 0.4) is 0 Å². The molecule has 1 heterocycles. The van der Waals surface area contributed by atoms with Crippen molar-refractivity contribution in [2.45, 2.75) is 6.42 Å². The van der Waals surface area contributed by atoms with Crippen LogP contribution in [-0.4, -0.2) is 17.4 Å². The summed E-state index contributed by atoms with van der Waals surface area (Å²) in [5.74, 6) is -0.532. The van der Waals surface area contributed by atoms with Gasteiger partial charge in [-0.1, -0.05) is 23.7 Å². The number of halogens is 2. The van der Waals surface area contributed by atoms with Crippen LogP contribution in [0.25, 0.3) is 0 Å². The number of amides is 1. The Morgan fingerprint density at radius 1 is 1.26 bits per heavy atom. The van der Waals surface area contributed by atoms with Crippen molar-refractivity contribution < 1.29 is 9.18 Å². The average molecular weight is 279 g/mol. The summed E-state index contributed by atoms with van der Waals surface area (Å²) in [5, 5.41) is 2.93. The van der Waals surface area contributed by atoms with Gasteiger partial charge in [0.1, 0.15) is 11.0 Å². The zero-order valence-corrected chi connectivity index (χ0v) is 10.8. The van der Waals surface area contributed by atoms with Crippen LogP contribution in [0, 0.1) is 5.82 Å². The number of hydrogen-bond donors (Lipinski definition) is 1. The normalized spacial score (nSPS) is 10.2. The Balaban J connectivity index is 1.88. The van der Waals surface area contributed by atoms with Gasteiger partial charge in [-0.15, -0.1) is 0 Å². The highest BCUT2D eigenvalue weighted by Crippen LogP contribution is 2.11. The number of rotatable bonds is 4. The topological polar surface area (TPSA) is 42.0 Å². The molecule has 0 saturated carbocycles. The van der Waals surface area contributed by atoms with Gasteiger partial charge >= 0.3 is 0 Å². The fourth-order valence-corrected chi connectivity index (χ4v) is 1.83. The van der Waals surface area contributed by atoms with Gasteiger partial charge in [0.15, 0.2) is 0 Å². The molecule has 1 aromatic carbocycles. The molecule has 5 heteroatoms. The first-order valence-electron chi connectivity index (χ1n) is 5.80. The maximum atomic E-state index is 12.7. The highest BCUT2D eigenvalue weighted by Gasteiger charge is 2.09. The standard InChI is InChI=1S/C14H12ClFN2O/c15-13-12(2-1-8-17-13)14(19)18-9-7-10-3-5-11(16)6-4-10/h1-6,8H,7,9H2,(H,18,19). The number of aromatic nitrogens is 1. The fourth-order valence-electron chi connectivity index (χ4n) is 1.62. The van der Waals surface area contributed by atoms with Crippen molar-refractivity contribution in [2.24, 2.45) is 0 Å². The van der Waals surface area contributed by atoms with Crippen molar-refractivity contribution in [3.8, 4) is 0 Å². The summed E-state index contributed by atoms with van der Waals surface area (Å²) < 4.78 is 12.7. The van der Waals surface area contributed by atoms with Gasteiger partial charge in [0, 0.05) is 12.7 Å². The van der Waals surface area contributed by atoms with E-state index in [1.165, 1.54) is 18.3 Å². The van der Waals surface area contributed by atoms with Gasteiger partial charge in [0.25, 0.3) is 5.91 Å². The fraction of sp³-hybridized carbons (Fsp3) is 0.143. The molecule has 0 fully saturated rings. The van der Waals surface area contributed by atoms with Crippen LogP contribution in [0.2, 0.25) is 5.15 Å². The lowest BCUT2D eigenvalue weighted by molar-refractivity contribution is 0.0954. The molecule has 0 bridgehead atoms. The van der Waals surface area contributed by atoms with Gasteiger partial charge in [-0.2, -0.15) is 0 Å². The molecule has 1 aromatic heterocycles. The van der Waals surface area contributed by atoms with Crippen molar-refractivity contribution in [1.82, 2.24) is 10.3 Å². The molecule has 0 aliphatic heterocycles. The Morgan fingerprint density at radius 3 is 2.68 bits per heavy atom. The molecule has 3 nitrogen and oxygen atoms in total. The Bertz CT molecular complexity index is 572. The highest BCUT2D eigenvalue weighted by atomic mass is 35.5. The quantitative estimate of drug-likeness (QED) is 0.874. The molecule has 0 unspecified atom stereocenters.